The van der Waals surface area contributed by atoms with E-state index in [-0.39, 0.29) is 5.91 Å². The van der Waals surface area contributed by atoms with Crippen LogP contribution < -0.4 is 5.32 Å². The Labute approximate surface area is 72.0 Å². The van der Waals surface area contributed by atoms with Crippen LogP contribution >= 0.6 is 0 Å². The summed E-state index contributed by atoms with van der Waals surface area (Å²) in [6.07, 6.45) is 1.57. The molecule has 0 spiro atoms. The molecule has 12 heavy (non-hydrogen) atoms. The maximum absolute atomic E-state index is 10.8. The van der Waals surface area contributed by atoms with Gasteiger partial charge in [-0.25, -0.2) is 4.79 Å². The molecular weight excluding hydrogens is 158 g/mol. The molecule has 1 amide bonds. The van der Waals surface area contributed by atoms with Crippen molar-refractivity contribution in [1.29, 1.82) is 0 Å². The van der Waals surface area contributed by atoms with Gasteiger partial charge in [-0.15, -0.1) is 0 Å². The molecule has 0 fully saturated rings. The first-order valence-electron chi connectivity index (χ1n) is 4.14. The molecule has 0 aromatic rings. The van der Waals surface area contributed by atoms with Gasteiger partial charge in [0, 0.05) is 6.42 Å². The Hall–Kier alpha value is -1.06. The second-order valence-corrected chi connectivity index (χ2v) is 2.60. The van der Waals surface area contributed by atoms with E-state index in [2.05, 4.69) is 5.32 Å². The molecule has 4 nitrogen and oxygen atoms in total. The predicted molar refractivity (Wildman–Crippen MR) is 44.8 cm³/mol. The average molecular weight is 173 g/mol. The summed E-state index contributed by atoms with van der Waals surface area (Å²) in [5.41, 5.74) is 0. The maximum atomic E-state index is 10.8. The van der Waals surface area contributed by atoms with E-state index in [1.165, 1.54) is 0 Å². The van der Waals surface area contributed by atoms with Crippen molar-refractivity contribution < 1.29 is 14.7 Å². The van der Waals surface area contributed by atoms with Gasteiger partial charge in [-0.3, -0.25) is 4.79 Å². The van der Waals surface area contributed by atoms with Crippen molar-refractivity contribution in [2.45, 2.75) is 39.2 Å². The molecule has 1 atom stereocenters. The standard InChI is InChI=1S/C8H15NO3/c1-3-5-6(8(11)12)9-7(10)4-2/h6H,3-5H2,1-2H3,(H,9,10)(H,11,12)/t6-/m0/s1. The topological polar surface area (TPSA) is 66.4 Å². The molecule has 70 valence electrons. The van der Waals surface area contributed by atoms with Crippen molar-refractivity contribution in [2.24, 2.45) is 0 Å². The van der Waals surface area contributed by atoms with Gasteiger partial charge in [0.1, 0.15) is 6.04 Å². The summed E-state index contributed by atoms with van der Waals surface area (Å²) in [6, 6.07) is -0.720. The number of rotatable bonds is 5. The van der Waals surface area contributed by atoms with Crippen LogP contribution in [0.2, 0.25) is 0 Å². The quantitative estimate of drug-likeness (QED) is 0.645. The fraction of sp³-hybridized carbons (Fsp3) is 0.750. The Morgan fingerprint density at radius 2 is 2.00 bits per heavy atom. The minimum absolute atomic E-state index is 0.212. The van der Waals surface area contributed by atoms with Crippen LogP contribution in [0.1, 0.15) is 33.1 Å². The fourth-order valence-electron chi connectivity index (χ4n) is 0.842. The first-order chi connectivity index (χ1) is 5.61. The smallest absolute Gasteiger partial charge is 0.326 e. The molecular formula is C8H15NO3. The second-order valence-electron chi connectivity index (χ2n) is 2.60. The highest BCUT2D eigenvalue weighted by Crippen LogP contribution is 1.96. The number of hydrogen-bond donors (Lipinski definition) is 2. The van der Waals surface area contributed by atoms with Gasteiger partial charge in [0.05, 0.1) is 0 Å². The number of hydrogen-bond acceptors (Lipinski definition) is 2. The molecule has 0 aliphatic heterocycles. The summed E-state index contributed by atoms with van der Waals surface area (Å²) < 4.78 is 0. The minimum atomic E-state index is -0.960. The van der Waals surface area contributed by atoms with Crippen LogP contribution in [0.25, 0.3) is 0 Å². The monoisotopic (exact) mass is 173 g/mol. The van der Waals surface area contributed by atoms with E-state index in [1.807, 2.05) is 6.92 Å². The van der Waals surface area contributed by atoms with Crippen LogP contribution in [-0.4, -0.2) is 23.0 Å². The molecule has 0 aliphatic carbocycles. The Morgan fingerprint density at radius 3 is 2.33 bits per heavy atom. The van der Waals surface area contributed by atoms with E-state index in [1.54, 1.807) is 6.92 Å². The van der Waals surface area contributed by atoms with Gasteiger partial charge >= 0.3 is 5.97 Å². The van der Waals surface area contributed by atoms with E-state index < -0.39 is 12.0 Å². The van der Waals surface area contributed by atoms with Crippen LogP contribution in [0, 0.1) is 0 Å². The lowest BCUT2D eigenvalue weighted by Gasteiger charge is -2.12. The molecule has 0 saturated carbocycles. The Kier molecular flexibility index (Phi) is 5.08. The number of nitrogens with one attached hydrogen (secondary N) is 1. The Bertz CT molecular complexity index is 166. The highest BCUT2D eigenvalue weighted by atomic mass is 16.4. The summed E-state index contributed by atoms with van der Waals surface area (Å²) >= 11 is 0. The van der Waals surface area contributed by atoms with Gasteiger partial charge in [0.2, 0.25) is 5.91 Å². The molecule has 0 aromatic heterocycles. The third-order valence-electron chi connectivity index (χ3n) is 1.53. The molecule has 0 radical (unpaired) electrons. The van der Waals surface area contributed by atoms with E-state index >= 15 is 0 Å². The zero-order chi connectivity index (χ0) is 9.56. The summed E-state index contributed by atoms with van der Waals surface area (Å²) in [5, 5.41) is 11.1. The van der Waals surface area contributed by atoms with Crippen LogP contribution in [0.15, 0.2) is 0 Å². The highest BCUT2D eigenvalue weighted by Gasteiger charge is 2.17. The second kappa shape index (κ2) is 5.57. The Morgan fingerprint density at radius 1 is 1.42 bits per heavy atom. The molecule has 0 aromatic carbocycles. The minimum Gasteiger partial charge on any atom is -0.480 e. The number of amides is 1. The number of aliphatic carboxylic acids is 1. The highest BCUT2D eigenvalue weighted by molar-refractivity contribution is 5.83. The van der Waals surface area contributed by atoms with Gasteiger partial charge in [-0.05, 0) is 6.42 Å². The molecule has 4 heteroatoms. The molecule has 0 aliphatic rings. The normalized spacial score (nSPS) is 12.2. The van der Waals surface area contributed by atoms with E-state index in [0.717, 1.165) is 6.42 Å². The first kappa shape index (κ1) is 10.9. The fourth-order valence-corrected chi connectivity index (χ4v) is 0.842. The summed E-state index contributed by atoms with van der Waals surface area (Å²) in [6.45, 7) is 3.58. The maximum Gasteiger partial charge on any atom is 0.326 e. The van der Waals surface area contributed by atoms with Crippen molar-refractivity contribution in [1.82, 2.24) is 5.32 Å². The van der Waals surface area contributed by atoms with Crippen LogP contribution in [-0.2, 0) is 9.59 Å². The van der Waals surface area contributed by atoms with Crippen molar-refractivity contribution in [3.8, 4) is 0 Å². The summed E-state index contributed by atoms with van der Waals surface area (Å²) in [5.74, 6) is -1.17. The van der Waals surface area contributed by atoms with E-state index in [0.29, 0.717) is 12.8 Å². The van der Waals surface area contributed by atoms with E-state index in [9.17, 15) is 9.59 Å². The zero-order valence-electron chi connectivity index (χ0n) is 7.46. The van der Waals surface area contributed by atoms with Gasteiger partial charge in [-0.1, -0.05) is 20.3 Å². The van der Waals surface area contributed by atoms with Crippen LogP contribution in [0.5, 0.6) is 0 Å². The largest absolute Gasteiger partial charge is 0.480 e. The summed E-state index contributed by atoms with van der Waals surface area (Å²) in [4.78, 5) is 21.4. The lowest BCUT2D eigenvalue weighted by molar-refractivity contribution is -0.142. The zero-order valence-corrected chi connectivity index (χ0v) is 7.46. The molecule has 0 bridgehead atoms. The van der Waals surface area contributed by atoms with Crippen LogP contribution in [0.3, 0.4) is 0 Å². The molecule has 0 saturated heterocycles. The van der Waals surface area contributed by atoms with Crippen molar-refractivity contribution >= 4 is 11.9 Å². The van der Waals surface area contributed by atoms with Gasteiger partial charge in [0.15, 0.2) is 0 Å². The Balaban J connectivity index is 3.95. The van der Waals surface area contributed by atoms with Crippen molar-refractivity contribution in [3.05, 3.63) is 0 Å². The average Bonchev–Trinajstić information content (AvgIpc) is 2.03. The number of carboxylic acids is 1. The molecule has 0 rings (SSSR count). The third kappa shape index (κ3) is 3.95. The van der Waals surface area contributed by atoms with E-state index in [4.69, 9.17) is 5.11 Å². The van der Waals surface area contributed by atoms with Gasteiger partial charge in [0.25, 0.3) is 0 Å². The lowest BCUT2D eigenvalue weighted by Crippen LogP contribution is -2.40. The lowest BCUT2D eigenvalue weighted by atomic mass is 10.1. The molecule has 0 unspecified atom stereocenters. The van der Waals surface area contributed by atoms with Crippen LogP contribution in [0.4, 0.5) is 0 Å². The predicted octanol–water partition coefficient (Wildman–Crippen LogP) is 0.766. The summed E-state index contributed by atoms with van der Waals surface area (Å²) in [7, 11) is 0. The number of carboxylic acid groups (broad SMARTS) is 1. The number of carbonyl (C=O) groups is 2. The molecule has 0 heterocycles. The van der Waals surface area contributed by atoms with Crippen molar-refractivity contribution in [3.63, 3.8) is 0 Å². The van der Waals surface area contributed by atoms with Gasteiger partial charge in [-0.2, -0.15) is 0 Å². The molecule has 2 N–H and O–H groups in total. The van der Waals surface area contributed by atoms with Crippen molar-refractivity contribution in [2.75, 3.05) is 0 Å². The first-order valence-corrected chi connectivity index (χ1v) is 4.14. The van der Waals surface area contributed by atoms with Gasteiger partial charge < -0.3 is 10.4 Å². The SMILES string of the molecule is CCC[C@H](NC(=O)CC)C(=O)O. The number of carbonyl (C=O) groups excluding carboxylic acids is 1. The third-order valence-corrected chi connectivity index (χ3v) is 1.53.